The fraction of sp³-hybridized carbons (Fsp3) is 0.667. The molecule has 1 aromatic rings. The third-order valence-corrected chi connectivity index (χ3v) is 8.27. The number of aliphatic hydroxyl groups excluding tert-OH is 1. The number of β-amino-alcohol motifs (C(OH)–C–C–N with tert-alkyl or cyclic N) is 1. The van der Waals surface area contributed by atoms with Crippen molar-refractivity contribution in [3.63, 3.8) is 0 Å². The molecule has 10 heteroatoms. The Morgan fingerprint density at radius 2 is 1.97 bits per heavy atom. The van der Waals surface area contributed by atoms with Gasteiger partial charge in [-0.3, -0.25) is 9.59 Å². The maximum Gasteiger partial charge on any atom is 0.284 e. The van der Waals surface area contributed by atoms with Gasteiger partial charge in [-0.15, -0.1) is 0 Å². The molecule has 1 aromatic heterocycles. The van der Waals surface area contributed by atoms with Crippen molar-refractivity contribution in [3.8, 4) is 0 Å². The number of nitrogens with two attached hydrogens (primary N) is 1. The Bertz CT molecular complexity index is 871. The number of aliphatic hydroxyl groups is 1. The predicted molar refractivity (Wildman–Crippen MR) is 114 cm³/mol. The van der Waals surface area contributed by atoms with Crippen LogP contribution >= 0.6 is 0 Å². The quantitative estimate of drug-likeness (QED) is 0.558. The molecule has 1 unspecified atom stereocenters. The van der Waals surface area contributed by atoms with Crippen molar-refractivity contribution < 1.29 is 23.1 Å². The van der Waals surface area contributed by atoms with Crippen molar-refractivity contribution >= 4 is 21.8 Å². The molecule has 172 valence electrons. The highest BCUT2D eigenvalue weighted by molar-refractivity contribution is 7.89. The summed E-state index contributed by atoms with van der Waals surface area (Å²) < 4.78 is 27.6. The van der Waals surface area contributed by atoms with Crippen molar-refractivity contribution in [2.45, 2.75) is 75.0 Å². The number of nitrogens with one attached hydrogen (secondary N) is 1. The molecule has 9 nitrogen and oxygen atoms in total. The number of hydrogen-bond acceptors (Lipinski definition) is 7. The standard InChI is InChI=1S/C21H32N4O5S/c22-20(28)21(10-3-1-4-11-21)12-9-19(27)25(16-7-6-13-23-15-17(16)26)31(29,30)18-8-2-5-14-24-18/h2,5,8,14,16-17,23,26H,1,3-4,6-7,9-13,15H2,(H2,22,28)/t16?,17-/m0/s1. The second kappa shape index (κ2) is 10.1. The third-order valence-electron chi connectivity index (χ3n) is 6.51. The average Bonchev–Trinajstić information content (AvgIpc) is 2.98. The molecule has 0 aromatic carbocycles. The van der Waals surface area contributed by atoms with Gasteiger partial charge in [-0.1, -0.05) is 25.3 Å². The van der Waals surface area contributed by atoms with Gasteiger partial charge >= 0.3 is 0 Å². The number of sulfonamides is 1. The summed E-state index contributed by atoms with van der Waals surface area (Å²) in [6.45, 7) is 0.821. The van der Waals surface area contributed by atoms with Crippen molar-refractivity contribution in [1.29, 1.82) is 0 Å². The second-order valence-electron chi connectivity index (χ2n) is 8.55. The fourth-order valence-electron chi connectivity index (χ4n) is 4.69. The van der Waals surface area contributed by atoms with Crippen LogP contribution < -0.4 is 11.1 Å². The lowest BCUT2D eigenvalue weighted by atomic mass is 9.70. The van der Waals surface area contributed by atoms with Gasteiger partial charge in [0.15, 0.2) is 5.03 Å². The van der Waals surface area contributed by atoms with E-state index in [2.05, 4.69) is 10.3 Å². The van der Waals surface area contributed by atoms with E-state index in [1.165, 1.54) is 18.3 Å². The summed E-state index contributed by atoms with van der Waals surface area (Å²) >= 11 is 0. The van der Waals surface area contributed by atoms with Crippen LogP contribution in [-0.2, 0) is 19.6 Å². The molecule has 3 rings (SSSR count). The number of nitrogens with zero attached hydrogens (tertiary/aromatic N) is 2. The molecule has 1 aliphatic carbocycles. The number of carbonyl (C=O) groups is 2. The fourth-order valence-corrected chi connectivity index (χ4v) is 6.30. The minimum Gasteiger partial charge on any atom is -0.390 e. The van der Waals surface area contributed by atoms with E-state index in [9.17, 15) is 23.1 Å². The van der Waals surface area contributed by atoms with Crippen molar-refractivity contribution in [3.05, 3.63) is 24.4 Å². The van der Waals surface area contributed by atoms with Crippen molar-refractivity contribution in [2.75, 3.05) is 13.1 Å². The van der Waals surface area contributed by atoms with Crippen LogP contribution in [0, 0.1) is 5.41 Å². The summed E-state index contributed by atoms with van der Waals surface area (Å²) in [4.78, 5) is 29.5. The first-order valence-corrected chi connectivity index (χ1v) is 12.4. The van der Waals surface area contributed by atoms with E-state index in [0.717, 1.165) is 23.6 Å². The molecule has 1 saturated carbocycles. The molecule has 0 radical (unpaired) electrons. The van der Waals surface area contributed by atoms with E-state index in [4.69, 9.17) is 5.73 Å². The molecule has 1 aliphatic heterocycles. The molecule has 0 bridgehead atoms. The van der Waals surface area contributed by atoms with Gasteiger partial charge in [0.25, 0.3) is 10.0 Å². The van der Waals surface area contributed by atoms with Gasteiger partial charge in [0.1, 0.15) is 0 Å². The number of primary amides is 1. The molecule has 2 atom stereocenters. The summed E-state index contributed by atoms with van der Waals surface area (Å²) in [5.74, 6) is -1.07. The van der Waals surface area contributed by atoms with Crippen LogP contribution in [0.2, 0.25) is 0 Å². The van der Waals surface area contributed by atoms with Gasteiger partial charge in [0, 0.05) is 24.6 Å². The van der Waals surface area contributed by atoms with Crippen LogP contribution in [-0.4, -0.2) is 59.9 Å². The zero-order chi connectivity index (χ0) is 22.5. The summed E-state index contributed by atoms with van der Waals surface area (Å²) in [6.07, 6.45) is 5.31. The molecule has 31 heavy (non-hydrogen) atoms. The van der Waals surface area contributed by atoms with E-state index in [1.54, 1.807) is 6.07 Å². The number of amides is 2. The van der Waals surface area contributed by atoms with Crippen LogP contribution in [0.15, 0.2) is 29.4 Å². The highest BCUT2D eigenvalue weighted by atomic mass is 32.2. The summed E-state index contributed by atoms with van der Waals surface area (Å²) in [6, 6.07) is 3.57. The first-order valence-electron chi connectivity index (χ1n) is 10.9. The van der Waals surface area contributed by atoms with Gasteiger partial charge in [-0.2, -0.15) is 8.42 Å². The van der Waals surface area contributed by atoms with Crippen LogP contribution in [0.5, 0.6) is 0 Å². The number of aromatic nitrogens is 1. The molecule has 2 amide bonds. The Balaban J connectivity index is 1.90. The molecular weight excluding hydrogens is 420 g/mol. The Labute approximate surface area is 183 Å². The summed E-state index contributed by atoms with van der Waals surface area (Å²) in [5, 5.41) is 13.4. The molecule has 2 heterocycles. The minimum absolute atomic E-state index is 0.133. The lowest BCUT2D eigenvalue weighted by molar-refractivity contribution is -0.133. The maximum atomic E-state index is 13.4. The molecule has 4 N–H and O–H groups in total. The van der Waals surface area contributed by atoms with E-state index in [1.807, 2.05) is 0 Å². The van der Waals surface area contributed by atoms with Gasteiger partial charge in [0.05, 0.1) is 12.1 Å². The minimum atomic E-state index is -4.27. The monoisotopic (exact) mass is 452 g/mol. The normalized spacial score (nSPS) is 24.2. The molecule has 0 spiro atoms. The van der Waals surface area contributed by atoms with Crippen LogP contribution in [0.1, 0.15) is 57.8 Å². The highest BCUT2D eigenvalue weighted by Crippen LogP contribution is 2.40. The SMILES string of the molecule is NC(=O)C1(CCC(=O)N(C2CCCNC[C@@H]2O)S(=O)(=O)c2ccccn2)CCCCC1. The summed E-state index contributed by atoms with van der Waals surface area (Å²) in [7, 11) is -4.27. The molecule has 2 aliphatic rings. The largest absolute Gasteiger partial charge is 0.390 e. The number of rotatable bonds is 7. The van der Waals surface area contributed by atoms with Crippen LogP contribution in [0.3, 0.4) is 0 Å². The molecular formula is C21H32N4O5S. The van der Waals surface area contributed by atoms with E-state index in [0.29, 0.717) is 32.2 Å². The van der Waals surface area contributed by atoms with Gasteiger partial charge in [-0.05, 0) is 50.8 Å². The van der Waals surface area contributed by atoms with Gasteiger partial charge in [-0.25, -0.2) is 9.29 Å². The number of carbonyl (C=O) groups excluding carboxylic acids is 2. The van der Waals surface area contributed by atoms with Crippen molar-refractivity contribution in [1.82, 2.24) is 14.6 Å². The topological polar surface area (TPSA) is 143 Å². The zero-order valence-corrected chi connectivity index (χ0v) is 18.5. The first-order chi connectivity index (χ1) is 14.8. The Morgan fingerprint density at radius 1 is 1.23 bits per heavy atom. The smallest absolute Gasteiger partial charge is 0.284 e. The molecule has 1 saturated heterocycles. The lowest BCUT2D eigenvalue weighted by Crippen LogP contribution is -2.52. The van der Waals surface area contributed by atoms with Gasteiger partial charge < -0.3 is 16.2 Å². The maximum absolute atomic E-state index is 13.4. The third kappa shape index (κ3) is 5.24. The number of pyridine rings is 1. The predicted octanol–water partition coefficient (Wildman–Crippen LogP) is 0.928. The second-order valence-corrected chi connectivity index (χ2v) is 10.3. The Morgan fingerprint density at radius 3 is 2.61 bits per heavy atom. The van der Waals surface area contributed by atoms with Gasteiger partial charge in [0.2, 0.25) is 11.8 Å². The number of hydrogen-bond donors (Lipinski definition) is 3. The van der Waals surface area contributed by atoms with Crippen molar-refractivity contribution in [2.24, 2.45) is 11.1 Å². The van der Waals surface area contributed by atoms with Crippen LogP contribution in [0.25, 0.3) is 0 Å². The molecule has 2 fully saturated rings. The lowest BCUT2D eigenvalue weighted by Gasteiger charge is -2.36. The van der Waals surface area contributed by atoms with E-state index < -0.39 is 39.4 Å². The highest BCUT2D eigenvalue weighted by Gasteiger charge is 2.43. The zero-order valence-electron chi connectivity index (χ0n) is 17.7. The van der Waals surface area contributed by atoms with Crippen LogP contribution in [0.4, 0.5) is 0 Å². The Hall–Kier alpha value is -2.04. The van der Waals surface area contributed by atoms with E-state index >= 15 is 0 Å². The Kier molecular flexibility index (Phi) is 7.66. The first kappa shape index (κ1) is 23.6. The van der Waals surface area contributed by atoms with E-state index in [-0.39, 0.29) is 24.4 Å². The average molecular weight is 453 g/mol. The summed E-state index contributed by atoms with van der Waals surface area (Å²) in [5.41, 5.74) is 4.91.